The average Bonchev–Trinajstić information content (AvgIpc) is 3.89. The van der Waals surface area contributed by atoms with Crippen LogP contribution in [0.4, 0.5) is 0 Å². The van der Waals surface area contributed by atoms with Crippen molar-refractivity contribution in [3.63, 3.8) is 0 Å². The number of carbonyl (C=O) groups is 2. The molecule has 2 aliphatic rings. The maximum atomic E-state index is 12.6. The predicted octanol–water partition coefficient (Wildman–Crippen LogP) is 8.61. The number of hydrogen-bond acceptors (Lipinski definition) is 5. The second-order valence-electron chi connectivity index (χ2n) is 11.3. The Morgan fingerprint density at radius 1 is 0.609 bits per heavy atom. The molecule has 7 rings (SSSR count). The molecule has 46 heavy (non-hydrogen) atoms. The molecule has 3 aromatic heterocycles. The Morgan fingerprint density at radius 3 is 1.52 bits per heavy atom. The number of aldehydes is 1. The maximum Gasteiger partial charge on any atom is 0.330 e. The molecule has 7 heteroatoms. The molecule has 5 aromatic rings. The topological polar surface area (TPSA) is 101 Å². The third-order valence-electron chi connectivity index (χ3n) is 8.22. The lowest BCUT2D eigenvalue weighted by Crippen LogP contribution is -1.94. The maximum absolute atomic E-state index is 12.6. The van der Waals surface area contributed by atoms with Crippen molar-refractivity contribution in [3.8, 4) is 22.3 Å². The molecule has 2 aromatic carbocycles. The summed E-state index contributed by atoms with van der Waals surface area (Å²) in [7, 11) is 1.35. The van der Waals surface area contributed by atoms with Gasteiger partial charge < -0.3 is 14.7 Å². The van der Waals surface area contributed by atoms with Crippen molar-refractivity contribution >= 4 is 64.7 Å². The number of ether oxygens (including phenoxy) is 1. The van der Waals surface area contributed by atoms with Crippen LogP contribution in [-0.4, -0.2) is 39.3 Å². The molecule has 0 amide bonds. The summed E-state index contributed by atoms with van der Waals surface area (Å²) < 4.78 is 4.91. The number of esters is 1. The molecular weight excluding hydrogens is 572 g/mol. The number of nitrogens with one attached hydrogen (secondary N) is 2. The molecule has 2 N–H and O–H groups in total. The van der Waals surface area contributed by atoms with E-state index in [1.165, 1.54) is 13.2 Å². The van der Waals surface area contributed by atoms with Gasteiger partial charge >= 0.3 is 5.97 Å². The van der Waals surface area contributed by atoms with E-state index in [1.807, 2.05) is 62.4 Å². The van der Waals surface area contributed by atoms with E-state index in [0.29, 0.717) is 22.5 Å². The van der Waals surface area contributed by atoms with E-state index >= 15 is 0 Å². The molecule has 0 unspecified atom stereocenters. The standard InChI is InChI=1S/C39H30N4O3/c1-23-4-8-25(9-5-23)38-33-17-13-29(40-33)27(12-21-37(45)46-3)30-14-18-34(41-30)39(26-10-6-24(2)7-11-26)36-20-16-32(43-36)28(22-44)31-15-19-35(38)42-31/h4-22,40,43H,1-3H3/b21-12+,29-27?,30-27?,31-28?,32-28?,38-33?,38-35?,39-34?,39-36?. The number of benzene rings is 2. The molecule has 5 heterocycles. The normalized spacial score (nSPS) is 12.2. The number of aromatic amines is 2. The van der Waals surface area contributed by atoms with Crippen LogP contribution in [0.1, 0.15) is 49.8 Å². The molecule has 0 fully saturated rings. The highest BCUT2D eigenvalue weighted by Crippen LogP contribution is 2.34. The fourth-order valence-electron chi connectivity index (χ4n) is 5.82. The fourth-order valence-corrected chi connectivity index (χ4v) is 5.82. The van der Waals surface area contributed by atoms with E-state index in [-0.39, 0.29) is 0 Å². The van der Waals surface area contributed by atoms with Crippen molar-refractivity contribution in [1.82, 2.24) is 19.9 Å². The van der Waals surface area contributed by atoms with Crippen LogP contribution in [0.2, 0.25) is 0 Å². The Hall–Kier alpha value is -6.08. The summed E-state index contributed by atoms with van der Waals surface area (Å²) in [6.45, 7) is 4.10. The summed E-state index contributed by atoms with van der Waals surface area (Å²) >= 11 is 0. The average molecular weight is 603 g/mol. The molecule has 0 saturated heterocycles. The minimum Gasteiger partial charge on any atom is -0.466 e. The molecule has 224 valence electrons. The van der Waals surface area contributed by atoms with Gasteiger partial charge in [0.15, 0.2) is 6.29 Å². The van der Waals surface area contributed by atoms with Crippen LogP contribution in [0, 0.1) is 13.8 Å². The zero-order valence-electron chi connectivity index (χ0n) is 25.6. The number of hydrogen-bond donors (Lipinski definition) is 2. The van der Waals surface area contributed by atoms with Crippen molar-refractivity contribution < 1.29 is 14.3 Å². The van der Waals surface area contributed by atoms with Gasteiger partial charge in [0, 0.05) is 39.3 Å². The first-order valence-electron chi connectivity index (χ1n) is 14.9. The van der Waals surface area contributed by atoms with Crippen LogP contribution in [0.5, 0.6) is 0 Å². The molecule has 2 aliphatic heterocycles. The van der Waals surface area contributed by atoms with Crippen LogP contribution in [-0.2, 0) is 9.53 Å². The Bertz CT molecular complexity index is 2240. The summed E-state index contributed by atoms with van der Waals surface area (Å²) in [5.41, 5.74) is 12.9. The Labute approximate surface area is 265 Å². The smallest absolute Gasteiger partial charge is 0.330 e. The van der Waals surface area contributed by atoms with Crippen molar-refractivity contribution in [1.29, 1.82) is 0 Å². The van der Waals surface area contributed by atoms with Crippen LogP contribution >= 0.6 is 0 Å². The largest absolute Gasteiger partial charge is 0.466 e. The molecule has 7 nitrogen and oxygen atoms in total. The number of nitrogens with zero attached hydrogens (tertiary/aromatic N) is 2. The van der Waals surface area contributed by atoms with E-state index in [1.54, 1.807) is 6.08 Å². The first kappa shape index (κ1) is 28.7. The number of methoxy groups -OCH3 is 1. The highest BCUT2D eigenvalue weighted by atomic mass is 16.5. The lowest BCUT2D eigenvalue weighted by Gasteiger charge is -2.05. The fraction of sp³-hybridized carbons (Fsp3) is 0.0769. The van der Waals surface area contributed by atoms with Gasteiger partial charge in [-0.15, -0.1) is 0 Å². The van der Waals surface area contributed by atoms with Gasteiger partial charge in [0.1, 0.15) is 0 Å². The third kappa shape index (κ3) is 5.28. The zero-order chi connectivity index (χ0) is 31.8. The second-order valence-corrected chi connectivity index (χ2v) is 11.3. The number of rotatable bonds is 5. The molecule has 0 saturated carbocycles. The molecule has 0 radical (unpaired) electrons. The van der Waals surface area contributed by atoms with Crippen molar-refractivity contribution in [3.05, 3.63) is 124 Å². The zero-order valence-corrected chi connectivity index (χ0v) is 25.6. The van der Waals surface area contributed by atoms with E-state index in [4.69, 9.17) is 14.7 Å². The number of H-pyrrole nitrogens is 2. The number of aryl methyl sites for hydroxylation is 2. The molecule has 0 aliphatic carbocycles. The van der Waals surface area contributed by atoms with Crippen molar-refractivity contribution in [2.45, 2.75) is 13.8 Å². The second kappa shape index (κ2) is 11.8. The highest BCUT2D eigenvalue weighted by molar-refractivity contribution is 5.99. The summed E-state index contributed by atoms with van der Waals surface area (Å²) in [6.07, 6.45) is 11.7. The minimum atomic E-state index is -0.466. The lowest BCUT2D eigenvalue weighted by atomic mass is 10.0. The van der Waals surface area contributed by atoms with E-state index in [9.17, 15) is 9.59 Å². The molecule has 0 atom stereocenters. The van der Waals surface area contributed by atoms with Gasteiger partial charge in [0.05, 0.1) is 41.0 Å². The van der Waals surface area contributed by atoms with Crippen molar-refractivity contribution in [2.75, 3.05) is 7.11 Å². The van der Waals surface area contributed by atoms with Gasteiger partial charge in [-0.25, -0.2) is 14.8 Å². The Kier molecular flexibility index (Phi) is 7.35. The molecule has 8 bridgehead atoms. The van der Waals surface area contributed by atoms with Gasteiger partial charge in [-0.05, 0) is 79.6 Å². The summed E-state index contributed by atoms with van der Waals surface area (Å²) in [6, 6.07) is 24.3. The lowest BCUT2D eigenvalue weighted by molar-refractivity contribution is -0.134. The predicted molar refractivity (Wildman–Crippen MR) is 186 cm³/mol. The number of aromatic nitrogens is 4. The number of carbonyl (C=O) groups excluding carboxylic acids is 2. The first-order valence-corrected chi connectivity index (χ1v) is 14.9. The van der Waals surface area contributed by atoms with E-state index in [2.05, 4.69) is 58.5 Å². The molecular formula is C39H30N4O3. The van der Waals surface area contributed by atoms with Crippen LogP contribution < -0.4 is 0 Å². The minimum absolute atomic E-state index is 0.461. The van der Waals surface area contributed by atoms with E-state index < -0.39 is 5.97 Å². The van der Waals surface area contributed by atoms with Crippen LogP contribution in [0.25, 0.3) is 74.7 Å². The van der Waals surface area contributed by atoms with Crippen molar-refractivity contribution in [2.24, 2.45) is 0 Å². The van der Waals surface area contributed by atoms with Gasteiger partial charge in [-0.3, -0.25) is 4.79 Å². The molecule has 0 spiro atoms. The van der Waals surface area contributed by atoms with Crippen LogP contribution in [0.15, 0.2) is 78.9 Å². The Balaban J connectivity index is 1.65. The number of fused-ring (bicyclic) bond motifs is 8. The summed E-state index contributed by atoms with van der Waals surface area (Å²) in [5, 5.41) is 0. The first-order chi connectivity index (χ1) is 22.4. The highest BCUT2D eigenvalue weighted by Gasteiger charge is 2.17. The van der Waals surface area contributed by atoms with E-state index in [0.717, 1.165) is 73.2 Å². The SMILES string of the molecule is COC(=O)/C=C/c1c2nc(c(-c3ccc(C)cc3)c3ccc([nH]3)c(C=O)c3nc(c(-c4ccc(C)cc4)c4ccc1[nH]4)C=C3)C=C2. The van der Waals surface area contributed by atoms with Gasteiger partial charge in [-0.2, -0.15) is 0 Å². The Morgan fingerprint density at radius 2 is 1.04 bits per heavy atom. The quantitative estimate of drug-likeness (QED) is 0.117. The van der Waals surface area contributed by atoms with Gasteiger partial charge in [0.25, 0.3) is 0 Å². The van der Waals surface area contributed by atoms with Crippen LogP contribution in [0.3, 0.4) is 0 Å². The van der Waals surface area contributed by atoms with Gasteiger partial charge in [0.2, 0.25) is 0 Å². The third-order valence-corrected chi connectivity index (χ3v) is 8.22. The summed E-state index contributed by atoms with van der Waals surface area (Å²) in [4.78, 5) is 42.0. The monoisotopic (exact) mass is 602 g/mol. The van der Waals surface area contributed by atoms with Gasteiger partial charge in [-0.1, -0.05) is 59.7 Å². The summed E-state index contributed by atoms with van der Waals surface area (Å²) in [5.74, 6) is -0.466.